The highest BCUT2D eigenvalue weighted by Crippen LogP contribution is 2.40. The molecule has 1 aromatic carbocycles. The van der Waals surface area contributed by atoms with Crippen LogP contribution in [-0.4, -0.2) is 50.0 Å². The van der Waals surface area contributed by atoms with Crippen LogP contribution in [0.15, 0.2) is 24.3 Å². The van der Waals surface area contributed by atoms with E-state index in [1.165, 1.54) is 0 Å². The Morgan fingerprint density at radius 2 is 1.96 bits per heavy atom. The Morgan fingerprint density at radius 3 is 2.56 bits per heavy atom. The Hall–Kier alpha value is -1.76. The molecule has 1 N–H and O–H groups in total. The molecule has 2 saturated heterocycles. The molecule has 2 heterocycles. The van der Waals surface area contributed by atoms with Gasteiger partial charge in [0.25, 0.3) is 0 Å². The molecular formula is C18H26N2O4S. The van der Waals surface area contributed by atoms with Gasteiger partial charge in [-0.2, -0.15) is 0 Å². The summed E-state index contributed by atoms with van der Waals surface area (Å²) in [6.45, 7) is 5.12. The number of carbonyl (C=O) groups excluding carboxylic acids is 1. The van der Waals surface area contributed by atoms with Gasteiger partial charge in [0.1, 0.15) is 5.75 Å². The normalized spacial score (nSPS) is 25.3. The minimum absolute atomic E-state index is 0.104. The Kier molecular flexibility index (Phi) is 4.95. The summed E-state index contributed by atoms with van der Waals surface area (Å²) in [4.78, 5) is 14.3. The first-order valence-electron chi connectivity index (χ1n) is 8.80. The SMILES string of the molecule is CC(C)Oc1ccc(NC(=O)N2CCCC3(CCS(=O)(=O)C3)C2)cc1. The molecule has 2 aliphatic rings. The van der Waals surface area contributed by atoms with Crippen molar-refractivity contribution in [2.45, 2.75) is 39.2 Å². The van der Waals surface area contributed by atoms with Crippen LogP contribution in [0, 0.1) is 5.41 Å². The molecule has 1 aromatic rings. The van der Waals surface area contributed by atoms with Crippen molar-refractivity contribution in [3.63, 3.8) is 0 Å². The van der Waals surface area contributed by atoms with E-state index < -0.39 is 9.84 Å². The molecule has 7 heteroatoms. The number of anilines is 1. The second kappa shape index (κ2) is 6.86. The number of carbonyl (C=O) groups is 1. The smallest absolute Gasteiger partial charge is 0.321 e. The minimum Gasteiger partial charge on any atom is -0.491 e. The fourth-order valence-electron chi connectivity index (χ4n) is 3.78. The molecule has 138 valence electrons. The molecule has 0 bridgehead atoms. The van der Waals surface area contributed by atoms with Crippen molar-refractivity contribution in [2.24, 2.45) is 5.41 Å². The van der Waals surface area contributed by atoms with E-state index in [-0.39, 0.29) is 29.1 Å². The number of hydrogen-bond acceptors (Lipinski definition) is 4. The van der Waals surface area contributed by atoms with Gasteiger partial charge in [0.15, 0.2) is 9.84 Å². The van der Waals surface area contributed by atoms with Crippen molar-refractivity contribution in [3.05, 3.63) is 24.3 Å². The third kappa shape index (κ3) is 4.45. The topological polar surface area (TPSA) is 75.7 Å². The number of benzene rings is 1. The molecule has 0 aliphatic carbocycles. The third-order valence-corrected chi connectivity index (χ3v) is 6.77. The lowest BCUT2D eigenvalue weighted by molar-refractivity contribution is 0.130. The fraction of sp³-hybridized carbons (Fsp3) is 0.611. The summed E-state index contributed by atoms with van der Waals surface area (Å²) in [6.07, 6.45) is 2.51. The molecule has 0 aromatic heterocycles. The van der Waals surface area contributed by atoms with Crippen molar-refractivity contribution in [1.82, 2.24) is 4.90 Å². The average Bonchev–Trinajstić information content (AvgIpc) is 2.83. The highest BCUT2D eigenvalue weighted by molar-refractivity contribution is 7.91. The zero-order valence-corrected chi connectivity index (χ0v) is 15.6. The van der Waals surface area contributed by atoms with Gasteiger partial charge < -0.3 is 15.0 Å². The largest absolute Gasteiger partial charge is 0.491 e. The summed E-state index contributed by atoms with van der Waals surface area (Å²) in [6, 6.07) is 7.12. The number of ether oxygens (including phenoxy) is 1. The van der Waals surface area contributed by atoms with Gasteiger partial charge in [0, 0.05) is 24.2 Å². The summed E-state index contributed by atoms with van der Waals surface area (Å²) < 4.78 is 29.3. The summed E-state index contributed by atoms with van der Waals surface area (Å²) in [7, 11) is -2.95. The molecule has 0 saturated carbocycles. The van der Waals surface area contributed by atoms with Crippen molar-refractivity contribution in [1.29, 1.82) is 0 Å². The van der Waals surface area contributed by atoms with Crippen LogP contribution < -0.4 is 10.1 Å². The number of likely N-dealkylation sites (tertiary alicyclic amines) is 1. The second-order valence-corrected chi connectivity index (χ2v) is 9.67. The van der Waals surface area contributed by atoms with Gasteiger partial charge in [0.05, 0.1) is 17.6 Å². The predicted molar refractivity (Wildman–Crippen MR) is 97.7 cm³/mol. The maximum absolute atomic E-state index is 12.6. The molecule has 1 spiro atoms. The van der Waals surface area contributed by atoms with E-state index in [2.05, 4.69) is 5.32 Å². The van der Waals surface area contributed by atoms with Gasteiger partial charge >= 0.3 is 6.03 Å². The molecule has 1 unspecified atom stereocenters. The van der Waals surface area contributed by atoms with Gasteiger partial charge in [-0.3, -0.25) is 0 Å². The van der Waals surface area contributed by atoms with Gasteiger partial charge in [-0.15, -0.1) is 0 Å². The van der Waals surface area contributed by atoms with Gasteiger partial charge in [0.2, 0.25) is 0 Å². The Labute approximate surface area is 149 Å². The van der Waals surface area contributed by atoms with Crippen LogP contribution in [0.4, 0.5) is 10.5 Å². The average molecular weight is 366 g/mol. The molecule has 0 radical (unpaired) electrons. The van der Waals surface area contributed by atoms with E-state index in [1.54, 1.807) is 4.90 Å². The molecular weight excluding hydrogens is 340 g/mol. The van der Waals surface area contributed by atoms with Crippen LogP contribution in [-0.2, 0) is 9.84 Å². The standard InChI is InChI=1S/C18H26N2O4S/c1-14(2)24-16-6-4-15(5-7-16)19-17(21)20-10-3-8-18(12-20)9-11-25(22,23)13-18/h4-7,14H,3,8-13H2,1-2H3,(H,19,21). The van der Waals surface area contributed by atoms with E-state index in [9.17, 15) is 13.2 Å². The number of urea groups is 1. The molecule has 2 amide bonds. The summed E-state index contributed by atoms with van der Waals surface area (Å²) in [5, 5.41) is 2.90. The molecule has 6 nitrogen and oxygen atoms in total. The number of nitrogens with zero attached hydrogens (tertiary/aromatic N) is 1. The maximum Gasteiger partial charge on any atom is 0.321 e. The van der Waals surface area contributed by atoms with Gasteiger partial charge in [-0.1, -0.05) is 0 Å². The van der Waals surface area contributed by atoms with Gasteiger partial charge in [-0.25, -0.2) is 13.2 Å². The zero-order valence-electron chi connectivity index (χ0n) is 14.8. The van der Waals surface area contributed by atoms with Crippen molar-refractivity contribution in [2.75, 3.05) is 29.9 Å². The second-order valence-electron chi connectivity index (χ2n) is 7.49. The van der Waals surface area contributed by atoms with Crippen molar-refractivity contribution >= 4 is 21.6 Å². The molecule has 2 aliphatic heterocycles. The van der Waals surface area contributed by atoms with E-state index in [0.29, 0.717) is 25.2 Å². The van der Waals surface area contributed by atoms with E-state index in [0.717, 1.165) is 18.6 Å². The third-order valence-electron chi connectivity index (χ3n) is 4.90. The Morgan fingerprint density at radius 1 is 1.24 bits per heavy atom. The predicted octanol–water partition coefficient (Wildman–Crippen LogP) is 2.91. The summed E-state index contributed by atoms with van der Waals surface area (Å²) in [5.74, 6) is 1.23. The Balaban J connectivity index is 1.61. The summed E-state index contributed by atoms with van der Waals surface area (Å²) >= 11 is 0. The van der Waals surface area contributed by atoms with Crippen LogP contribution in [0.2, 0.25) is 0 Å². The summed E-state index contributed by atoms with van der Waals surface area (Å²) in [5.41, 5.74) is 0.461. The highest BCUT2D eigenvalue weighted by Gasteiger charge is 2.45. The number of amides is 2. The Bertz CT molecular complexity index is 730. The lowest BCUT2D eigenvalue weighted by Gasteiger charge is -2.39. The number of sulfone groups is 1. The monoisotopic (exact) mass is 366 g/mol. The minimum atomic E-state index is -2.95. The number of nitrogens with one attached hydrogen (secondary N) is 1. The first-order chi connectivity index (χ1) is 11.8. The first kappa shape index (κ1) is 18.0. The number of rotatable bonds is 3. The first-order valence-corrected chi connectivity index (χ1v) is 10.6. The zero-order chi connectivity index (χ0) is 18.1. The van der Waals surface area contributed by atoms with Crippen LogP contribution in [0.3, 0.4) is 0 Å². The van der Waals surface area contributed by atoms with E-state index >= 15 is 0 Å². The highest BCUT2D eigenvalue weighted by atomic mass is 32.2. The van der Waals surface area contributed by atoms with Crippen LogP contribution >= 0.6 is 0 Å². The number of hydrogen-bond donors (Lipinski definition) is 1. The molecule has 1 atom stereocenters. The van der Waals surface area contributed by atoms with Crippen LogP contribution in [0.1, 0.15) is 33.1 Å². The fourth-order valence-corrected chi connectivity index (χ4v) is 5.98. The van der Waals surface area contributed by atoms with Gasteiger partial charge in [-0.05, 0) is 57.4 Å². The molecule has 25 heavy (non-hydrogen) atoms. The number of piperidine rings is 1. The van der Waals surface area contributed by atoms with E-state index in [1.807, 2.05) is 38.1 Å². The quantitative estimate of drug-likeness (QED) is 0.892. The lowest BCUT2D eigenvalue weighted by atomic mass is 9.80. The van der Waals surface area contributed by atoms with Crippen LogP contribution in [0.5, 0.6) is 5.75 Å². The molecule has 3 rings (SSSR count). The maximum atomic E-state index is 12.6. The van der Waals surface area contributed by atoms with Crippen molar-refractivity contribution < 1.29 is 17.9 Å². The lowest BCUT2D eigenvalue weighted by Crippen LogP contribution is -2.48. The van der Waals surface area contributed by atoms with E-state index in [4.69, 9.17) is 4.74 Å². The van der Waals surface area contributed by atoms with Crippen molar-refractivity contribution in [3.8, 4) is 5.75 Å². The molecule has 2 fully saturated rings. The van der Waals surface area contributed by atoms with Crippen LogP contribution in [0.25, 0.3) is 0 Å².